The van der Waals surface area contributed by atoms with E-state index in [4.69, 9.17) is 4.74 Å². The molecule has 0 aliphatic carbocycles. The molecule has 1 heterocycles. The summed E-state index contributed by atoms with van der Waals surface area (Å²) in [6.45, 7) is 7.64. The van der Waals surface area contributed by atoms with Crippen LogP contribution in [0.5, 0.6) is 0 Å². The summed E-state index contributed by atoms with van der Waals surface area (Å²) in [5.41, 5.74) is 0. The normalized spacial score (nSPS) is 37.5. The van der Waals surface area contributed by atoms with Gasteiger partial charge >= 0.3 is 0 Å². The minimum absolute atomic E-state index is 0.551. The van der Waals surface area contributed by atoms with E-state index in [1.165, 1.54) is 0 Å². The van der Waals surface area contributed by atoms with Gasteiger partial charge in [0.1, 0.15) is 0 Å². The molecule has 48 valence electrons. The van der Waals surface area contributed by atoms with Crippen LogP contribution in [0.25, 0.3) is 0 Å². The third kappa shape index (κ3) is 0.873. The molecule has 0 N–H and O–H groups in total. The Morgan fingerprint density at radius 2 is 2.12 bits per heavy atom. The van der Waals surface area contributed by atoms with E-state index in [9.17, 15) is 0 Å². The Labute approximate surface area is 51.0 Å². The van der Waals surface area contributed by atoms with Gasteiger partial charge in [-0.25, -0.2) is 0 Å². The van der Waals surface area contributed by atoms with Crippen LogP contribution in [0.1, 0.15) is 20.8 Å². The van der Waals surface area contributed by atoms with Crippen molar-refractivity contribution < 1.29 is 4.74 Å². The van der Waals surface area contributed by atoms with Crippen LogP contribution in [0.4, 0.5) is 0 Å². The molecule has 0 aromatic rings. The van der Waals surface area contributed by atoms with Crippen LogP contribution in [-0.4, -0.2) is 12.7 Å². The van der Waals surface area contributed by atoms with Crippen molar-refractivity contribution >= 4 is 0 Å². The topological polar surface area (TPSA) is 9.23 Å². The summed E-state index contributed by atoms with van der Waals surface area (Å²) in [6, 6.07) is 0. The lowest BCUT2D eigenvalue weighted by molar-refractivity contribution is -0.129. The van der Waals surface area contributed by atoms with Gasteiger partial charge in [0.15, 0.2) is 0 Å². The molecule has 0 radical (unpaired) electrons. The van der Waals surface area contributed by atoms with Gasteiger partial charge < -0.3 is 4.74 Å². The Kier molecular flexibility index (Phi) is 1.57. The molecule has 1 fully saturated rings. The third-order valence-electron chi connectivity index (χ3n) is 1.77. The zero-order chi connectivity index (χ0) is 6.15. The van der Waals surface area contributed by atoms with Crippen molar-refractivity contribution in [3.8, 4) is 0 Å². The summed E-state index contributed by atoms with van der Waals surface area (Å²) < 4.78 is 5.30. The standard InChI is InChI=1S/C7H14O/c1-5(2)7-6(3)4-8-7/h5-7H,4H2,1-3H3/t6-,7+/m0/s1. The summed E-state index contributed by atoms with van der Waals surface area (Å²) in [4.78, 5) is 0. The molecule has 0 bridgehead atoms. The highest BCUT2D eigenvalue weighted by atomic mass is 16.5. The van der Waals surface area contributed by atoms with Gasteiger partial charge in [-0.1, -0.05) is 20.8 Å². The fourth-order valence-electron chi connectivity index (χ4n) is 1.25. The zero-order valence-corrected chi connectivity index (χ0v) is 5.85. The minimum Gasteiger partial charge on any atom is -0.377 e. The molecule has 1 rings (SSSR count). The molecule has 1 nitrogen and oxygen atoms in total. The van der Waals surface area contributed by atoms with Gasteiger partial charge in [-0.3, -0.25) is 0 Å². The van der Waals surface area contributed by atoms with Gasteiger partial charge in [-0.2, -0.15) is 0 Å². The average molecular weight is 114 g/mol. The van der Waals surface area contributed by atoms with Crippen LogP contribution in [-0.2, 0) is 4.74 Å². The van der Waals surface area contributed by atoms with Crippen LogP contribution in [0, 0.1) is 11.8 Å². The molecule has 1 aliphatic rings. The molecule has 0 aromatic carbocycles. The van der Waals surface area contributed by atoms with E-state index < -0.39 is 0 Å². The molecular formula is C7H14O. The fourth-order valence-corrected chi connectivity index (χ4v) is 1.25. The van der Waals surface area contributed by atoms with E-state index in [1.54, 1.807) is 0 Å². The van der Waals surface area contributed by atoms with E-state index in [-0.39, 0.29) is 0 Å². The van der Waals surface area contributed by atoms with Gasteiger partial charge in [0.05, 0.1) is 12.7 Å². The number of ether oxygens (including phenoxy) is 1. The molecule has 0 saturated carbocycles. The second kappa shape index (κ2) is 2.06. The highest BCUT2D eigenvalue weighted by Crippen LogP contribution is 2.25. The summed E-state index contributed by atoms with van der Waals surface area (Å²) >= 11 is 0. The highest BCUT2D eigenvalue weighted by molar-refractivity contribution is 4.76. The molecule has 2 atom stereocenters. The van der Waals surface area contributed by atoms with Gasteiger partial charge in [-0.05, 0) is 5.92 Å². The first-order valence-corrected chi connectivity index (χ1v) is 3.33. The molecule has 0 aromatic heterocycles. The van der Waals surface area contributed by atoms with Crippen LogP contribution < -0.4 is 0 Å². The van der Waals surface area contributed by atoms with E-state index in [2.05, 4.69) is 20.8 Å². The maximum atomic E-state index is 5.30. The summed E-state index contributed by atoms with van der Waals surface area (Å²) in [6.07, 6.45) is 0.551. The van der Waals surface area contributed by atoms with Crippen molar-refractivity contribution in [3.05, 3.63) is 0 Å². The number of hydrogen-bond donors (Lipinski definition) is 0. The first-order chi connectivity index (χ1) is 3.72. The van der Waals surface area contributed by atoms with Crippen molar-refractivity contribution in [1.82, 2.24) is 0 Å². The summed E-state index contributed by atoms with van der Waals surface area (Å²) in [5, 5.41) is 0. The Morgan fingerprint density at radius 3 is 2.12 bits per heavy atom. The SMILES string of the molecule is CC(C)[C@H]1OC[C@@H]1C. The molecule has 8 heavy (non-hydrogen) atoms. The van der Waals surface area contributed by atoms with Crippen molar-refractivity contribution in [2.24, 2.45) is 11.8 Å². The molecule has 0 spiro atoms. The monoisotopic (exact) mass is 114 g/mol. The second-order valence-electron chi connectivity index (χ2n) is 3.02. The third-order valence-corrected chi connectivity index (χ3v) is 1.77. The van der Waals surface area contributed by atoms with Crippen LogP contribution in [0.15, 0.2) is 0 Å². The smallest absolute Gasteiger partial charge is 0.0645 e. The molecule has 0 unspecified atom stereocenters. The van der Waals surface area contributed by atoms with E-state index in [1.807, 2.05) is 0 Å². The van der Waals surface area contributed by atoms with E-state index >= 15 is 0 Å². The zero-order valence-electron chi connectivity index (χ0n) is 5.85. The maximum Gasteiger partial charge on any atom is 0.0645 e. The van der Waals surface area contributed by atoms with Crippen LogP contribution in [0.2, 0.25) is 0 Å². The Hall–Kier alpha value is -0.0400. The van der Waals surface area contributed by atoms with E-state index in [0.29, 0.717) is 12.0 Å². The van der Waals surface area contributed by atoms with Crippen LogP contribution in [0.3, 0.4) is 0 Å². The van der Waals surface area contributed by atoms with Crippen molar-refractivity contribution in [1.29, 1.82) is 0 Å². The predicted molar refractivity (Wildman–Crippen MR) is 33.7 cm³/mol. The lowest BCUT2D eigenvalue weighted by atomic mass is 9.91. The van der Waals surface area contributed by atoms with Gasteiger partial charge in [0.25, 0.3) is 0 Å². The van der Waals surface area contributed by atoms with Crippen molar-refractivity contribution in [3.63, 3.8) is 0 Å². The van der Waals surface area contributed by atoms with E-state index in [0.717, 1.165) is 12.5 Å². The molecule has 0 amide bonds. The largest absolute Gasteiger partial charge is 0.377 e. The lowest BCUT2D eigenvalue weighted by Gasteiger charge is -2.37. The lowest BCUT2D eigenvalue weighted by Crippen LogP contribution is -2.41. The summed E-state index contributed by atoms with van der Waals surface area (Å²) in [7, 11) is 0. The average Bonchev–Trinajstić information content (AvgIpc) is 1.61. The predicted octanol–water partition coefficient (Wildman–Crippen LogP) is 1.68. The minimum atomic E-state index is 0.551. The quantitative estimate of drug-likeness (QED) is 0.504. The molecular weight excluding hydrogens is 100 g/mol. The first kappa shape index (κ1) is 6.09. The Bertz CT molecular complexity index is 73.7. The molecule has 1 saturated heterocycles. The summed E-state index contributed by atoms with van der Waals surface area (Å²) in [5.74, 6) is 1.51. The van der Waals surface area contributed by atoms with Gasteiger partial charge in [-0.15, -0.1) is 0 Å². The van der Waals surface area contributed by atoms with Gasteiger partial charge in [0.2, 0.25) is 0 Å². The number of rotatable bonds is 1. The van der Waals surface area contributed by atoms with Crippen molar-refractivity contribution in [2.45, 2.75) is 26.9 Å². The van der Waals surface area contributed by atoms with Crippen molar-refractivity contribution in [2.75, 3.05) is 6.61 Å². The molecule has 1 heteroatoms. The number of hydrogen-bond acceptors (Lipinski definition) is 1. The maximum absolute atomic E-state index is 5.30. The second-order valence-corrected chi connectivity index (χ2v) is 3.02. The fraction of sp³-hybridized carbons (Fsp3) is 1.00. The Morgan fingerprint density at radius 1 is 1.50 bits per heavy atom. The highest BCUT2D eigenvalue weighted by Gasteiger charge is 2.29. The van der Waals surface area contributed by atoms with Gasteiger partial charge in [0, 0.05) is 5.92 Å². The molecule has 1 aliphatic heterocycles. The van der Waals surface area contributed by atoms with Crippen LogP contribution >= 0.6 is 0 Å². The Balaban J connectivity index is 2.26. The first-order valence-electron chi connectivity index (χ1n) is 3.33.